The molecule has 0 atom stereocenters. The summed E-state index contributed by atoms with van der Waals surface area (Å²) in [5, 5.41) is 2.54. The van der Waals surface area contributed by atoms with E-state index in [9.17, 15) is 0 Å². The van der Waals surface area contributed by atoms with Crippen LogP contribution in [0, 0.1) is 0 Å². The van der Waals surface area contributed by atoms with Crippen molar-refractivity contribution >= 4 is 51.0 Å². The molecular formula is C41H34N2O. The molecule has 0 N–H and O–H groups in total. The molecular weight excluding hydrogens is 536 g/mol. The fourth-order valence-corrected chi connectivity index (χ4v) is 5.80. The van der Waals surface area contributed by atoms with Crippen LogP contribution in [-0.2, 0) is 0 Å². The minimum absolute atomic E-state index is 0.743. The van der Waals surface area contributed by atoms with E-state index in [0.717, 1.165) is 52.7 Å². The third kappa shape index (κ3) is 5.48. The Bertz CT molecular complexity index is 1970. The van der Waals surface area contributed by atoms with Crippen molar-refractivity contribution in [1.29, 1.82) is 0 Å². The number of anilines is 3. The average Bonchev–Trinajstić information content (AvgIpc) is 3.43. The van der Waals surface area contributed by atoms with Crippen LogP contribution in [-0.4, -0.2) is 11.2 Å². The first-order valence-corrected chi connectivity index (χ1v) is 15.2. The third-order valence-electron chi connectivity index (χ3n) is 7.93. The molecule has 0 amide bonds. The number of aromatic nitrogens is 1. The van der Waals surface area contributed by atoms with Crippen molar-refractivity contribution in [3.05, 3.63) is 163 Å². The van der Waals surface area contributed by atoms with Crippen LogP contribution in [0.5, 0.6) is 5.75 Å². The Morgan fingerprint density at radius 2 is 1.00 bits per heavy atom. The van der Waals surface area contributed by atoms with Crippen LogP contribution in [0.3, 0.4) is 0 Å². The maximum atomic E-state index is 5.71. The molecule has 3 heteroatoms. The van der Waals surface area contributed by atoms with E-state index in [-0.39, 0.29) is 0 Å². The third-order valence-corrected chi connectivity index (χ3v) is 7.93. The highest BCUT2D eigenvalue weighted by Crippen LogP contribution is 2.37. The normalized spacial score (nSPS) is 11.4. The van der Waals surface area contributed by atoms with Crippen molar-refractivity contribution in [3.8, 4) is 11.4 Å². The minimum Gasteiger partial charge on any atom is -0.494 e. The van der Waals surface area contributed by atoms with Gasteiger partial charge < -0.3 is 14.2 Å². The summed E-state index contributed by atoms with van der Waals surface area (Å²) in [7, 11) is 0. The summed E-state index contributed by atoms with van der Waals surface area (Å²) < 4.78 is 8.07. The highest BCUT2D eigenvalue weighted by Gasteiger charge is 2.14. The van der Waals surface area contributed by atoms with Crippen LogP contribution in [0.4, 0.5) is 17.1 Å². The number of nitrogens with zero attached hydrogens (tertiary/aromatic N) is 2. The van der Waals surface area contributed by atoms with Crippen molar-refractivity contribution in [2.75, 3.05) is 11.5 Å². The Hall–Kier alpha value is -5.54. The Labute approximate surface area is 258 Å². The summed E-state index contributed by atoms with van der Waals surface area (Å²) in [4.78, 5) is 2.30. The van der Waals surface area contributed by atoms with Gasteiger partial charge in [0.05, 0.1) is 17.6 Å². The van der Waals surface area contributed by atoms with E-state index in [1.54, 1.807) is 0 Å². The van der Waals surface area contributed by atoms with Gasteiger partial charge in [-0.25, -0.2) is 0 Å². The zero-order valence-electron chi connectivity index (χ0n) is 24.8. The van der Waals surface area contributed by atoms with E-state index >= 15 is 0 Å². The van der Waals surface area contributed by atoms with Crippen molar-refractivity contribution in [3.63, 3.8) is 0 Å². The lowest BCUT2D eigenvalue weighted by Crippen LogP contribution is -2.10. The molecule has 7 aromatic rings. The SMILES string of the molecule is CCCOc1ccc(/C=C/c2ccc(N(c3ccccc3)c3ccc(-n4c5ccccc5c5ccccc54)cc3)cc2)cc1. The maximum absolute atomic E-state index is 5.71. The predicted molar refractivity (Wildman–Crippen MR) is 187 cm³/mol. The van der Waals surface area contributed by atoms with Gasteiger partial charge in [-0.2, -0.15) is 0 Å². The van der Waals surface area contributed by atoms with Gasteiger partial charge in [-0.05, 0) is 90.3 Å². The molecule has 6 aromatic carbocycles. The van der Waals surface area contributed by atoms with Gasteiger partial charge in [0, 0.05) is 33.5 Å². The zero-order valence-corrected chi connectivity index (χ0v) is 24.8. The molecule has 1 aromatic heterocycles. The lowest BCUT2D eigenvalue weighted by atomic mass is 10.1. The summed E-state index contributed by atoms with van der Waals surface area (Å²) in [6.07, 6.45) is 5.30. The highest BCUT2D eigenvalue weighted by atomic mass is 16.5. The van der Waals surface area contributed by atoms with Crippen LogP contribution in [0.1, 0.15) is 24.5 Å². The molecule has 3 nitrogen and oxygen atoms in total. The van der Waals surface area contributed by atoms with Crippen LogP contribution in [0.2, 0.25) is 0 Å². The fourth-order valence-electron chi connectivity index (χ4n) is 5.80. The van der Waals surface area contributed by atoms with Crippen molar-refractivity contribution in [2.45, 2.75) is 13.3 Å². The quantitative estimate of drug-likeness (QED) is 0.161. The molecule has 44 heavy (non-hydrogen) atoms. The fraction of sp³-hybridized carbons (Fsp3) is 0.0732. The van der Waals surface area contributed by atoms with Gasteiger partial charge in [-0.3, -0.25) is 0 Å². The second kappa shape index (κ2) is 12.4. The van der Waals surface area contributed by atoms with Gasteiger partial charge in [-0.1, -0.05) is 97.9 Å². The van der Waals surface area contributed by atoms with Crippen LogP contribution >= 0.6 is 0 Å². The Kier molecular flexibility index (Phi) is 7.67. The first-order valence-electron chi connectivity index (χ1n) is 15.2. The van der Waals surface area contributed by atoms with E-state index in [1.807, 2.05) is 12.1 Å². The van der Waals surface area contributed by atoms with Gasteiger partial charge in [0.2, 0.25) is 0 Å². The Balaban J connectivity index is 1.19. The van der Waals surface area contributed by atoms with E-state index in [1.165, 1.54) is 21.8 Å². The summed E-state index contributed by atoms with van der Waals surface area (Å²) in [6, 6.07) is 53.7. The number of benzene rings is 6. The number of hydrogen-bond acceptors (Lipinski definition) is 2. The lowest BCUT2D eigenvalue weighted by Gasteiger charge is -2.26. The van der Waals surface area contributed by atoms with Gasteiger partial charge >= 0.3 is 0 Å². The second-order valence-electron chi connectivity index (χ2n) is 10.9. The van der Waals surface area contributed by atoms with Crippen LogP contribution in [0.15, 0.2) is 152 Å². The molecule has 0 fully saturated rings. The zero-order chi connectivity index (χ0) is 29.7. The molecule has 0 saturated carbocycles. The first-order chi connectivity index (χ1) is 21.8. The molecule has 0 aliphatic heterocycles. The number of fused-ring (bicyclic) bond motifs is 3. The summed E-state index contributed by atoms with van der Waals surface area (Å²) in [5.41, 5.74) is 9.19. The summed E-state index contributed by atoms with van der Waals surface area (Å²) in [6.45, 7) is 2.86. The Morgan fingerprint density at radius 1 is 0.523 bits per heavy atom. The molecule has 0 aliphatic rings. The molecule has 1 heterocycles. The van der Waals surface area contributed by atoms with E-state index in [2.05, 4.69) is 168 Å². The molecule has 0 spiro atoms. The largest absolute Gasteiger partial charge is 0.494 e. The molecule has 0 aliphatic carbocycles. The van der Waals surface area contributed by atoms with E-state index in [0.29, 0.717) is 0 Å². The number of ether oxygens (including phenoxy) is 1. The number of hydrogen-bond donors (Lipinski definition) is 0. The van der Waals surface area contributed by atoms with E-state index < -0.39 is 0 Å². The second-order valence-corrected chi connectivity index (χ2v) is 10.9. The molecule has 0 bridgehead atoms. The number of rotatable bonds is 9. The number of para-hydroxylation sites is 3. The van der Waals surface area contributed by atoms with Crippen molar-refractivity contribution in [2.24, 2.45) is 0 Å². The van der Waals surface area contributed by atoms with Gasteiger partial charge in [0.25, 0.3) is 0 Å². The smallest absolute Gasteiger partial charge is 0.119 e. The van der Waals surface area contributed by atoms with Crippen LogP contribution < -0.4 is 9.64 Å². The molecule has 0 unspecified atom stereocenters. The average molecular weight is 571 g/mol. The van der Waals surface area contributed by atoms with Gasteiger partial charge in [0.1, 0.15) is 5.75 Å². The predicted octanol–water partition coefficient (Wildman–Crippen LogP) is 11.2. The highest BCUT2D eigenvalue weighted by molar-refractivity contribution is 6.09. The molecule has 0 radical (unpaired) electrons. The molecule has 0 saturated heterocycles. The van der Waals surface area contributed by atoms with Gasteiger partial charge in [-0.15, -0.1) is 0 Å². The maximum Gasteiger partial charge on any atom is 0.119 e. The lowest BCUT2D eigenvalue weighted by molar-refractivity contribution is 0.317. The van der Waals surface area contributed by atoms with Crippen molar-refractivity contribution < 1.29 is 4.74 Å². The van der Waals surface area contributed by atoms with Gasteiger partial charge in [0.15, 0.2) is 0 Å². The standard InChI is InChI=1S/C41H34N2O/c1-2-30-44-37-28-20-32(21-29-37)17-16-31-18-22-34(23-19-31)42(33-10-4-3-5-11-33)35-24-26-36(27-25-35)43-40-14-8-6-12-38(40)39-13-7-9-15-41(39)43/h3-29H,2,30H2,1H3/b17-16+. The van der Waals surface area contributed by atoms with E-state index in [4.69, 9.17) is 4.74 Å². The molecule has 7 rings (SSSR count). The first kappa shape index (κ1) is 27.3. The topological polar surface area (TPSA) is 17.4 Å². The minimum atomic E-state index is 0.743. The molecule has 214 valence electrons. The Morgan fingerprint density at radius 3 is 1.57 bits per heavy atom. The van der Waals surface area contributed by atoms with Crippen LogP contribution in [0.25, 0.3) is 39.6 Å². The van der Waals surface area contributed by atoms with Crippen molar-refractivity contribution in [1.82, 2.24) is 4.57 Å². The monoisotopic (exact) mass is 570 g/mol. The summed E-state index contributed by atoms with van der Waals surface area (Å²) >= 11 is 0. The summed E-state index contributed by atoms with van der Waals surface area (Å²) in [5.74, 6) is 0.914.